The third kappa shape index (κ3) is 3.85. The lowest BCUT2D eigenvalue weighted by atomic mass is 10.2. The van der Waals surface area contributed by atoms with Crippen molar-refractivity contribution >= 4 is 28.1 Å². The molecule has 0 aliphatic rings. The van der Waals surface area contributed by atoms with Crippen LogP contribution in [0.5, 0.6) is 0 Å². The number of aromatic nitrogens is 1. The van der Waals surface area contributed by atoms with Crippen molar-refractivity contribution in [2.24, 2.45) is 0 Å². The van der Waals surface area contributed by atoms with Crippen LogP contribution in [0.2, 0.25) is 0 Å². The maximum atomic E-state index is 12.4. The minimum atomic E-state index is -0.0244. The first-order valence-electron chi connectivity index (χ1n) is 7.60. The van der Waals surface area contributed by atoms with Crippen LogP contribution in [0.15, 0.2) is 30.3 Å². The number of anilines is 2. The predicted octanol–water partition coefficient (Wildman–Crippen LogP) is 4.14. The van der Waals surface area contributed by atoms with Gasteiger partial charge in [-0.2, -0.15) is 0 Å². The second kappa shape index (κ2) is 7.40. The fraction of sp³-hybridized carbons (Fsp3) is 0.412. The number of aryl methyl sites for hydroxylation is 1. The molecule has 4 nitrogen and oxygen atoms in total. The molecule has 0 fully saturated rings. The zero-order valence-corrected chi connectivity index (χ0v) is 14.4. The zero-order chi connectivity index (χ0) is 16.1. The molecular formula is C17H23N3OS. The average molecular weight is 317 g/mol. The molecule has 2 rings (SSSR count). The SMILES string of the molecule is CCC[C@@H](C)NC(=O)c1sc(N(C)c2ccccc2)nc1C. The van der Waals surface area contributed by atoms with E-state index in [1.807, 2.05) is 56.1 Å². The molecule has 0 spiro atoms. The van der Waals surface area contributed by atoms with E-state index >= 15 is 0 Å². The molecule has 1 heterocycles. The molecule has 0 bridgehead atoms. The van der Waals surface area contributed by atoms with Crippen molar-refractivity contribution in [1.82, 2.24) is 10.3 Å². The number of para-hydroxylation sites is 1. The summed E-state index contributed by atoms with van der Waals surface area (Å²) in [5.74, 6) is -0.0244. The van der Waals surface area contributed by atoms with E-state index in [0.29, 0.717) is 4.88 Å². The first kappa shape index (κ1) is 16.5. The van der Waals surface area contributed by atoms with Gasteiger partial charge < -0.3 is 10.2 Å². The summed E-state index contributed by atoms with van der Waals surface area (Å²) in [5, 5.41) is 3.87. The highest BCUT2D eigenvalue weighted by atomic mass is 32.1. The van der Waals surface area contributed by atoms with Crippen LogP contribution in [-0.2, 0) is 0 Å². The van der Waals surface area contributed by atoms with Gasteiger partial charge in [0.25, 0.3) is 5.91 Å². The highest BCUT2D eigenvalue weighted by Crippen LogP contribution is 2.30. The lowest BCUT2D eigenvalue weighted by Gasteiger charge is -2.15. The van der Waals surface area contributed by atoms with Crippen LogP contribution in [0, 0.1) is 6.92 Å². The molecule has 1 atom stereocenters. The Bertz CT molecular complexity index is 624. The molecule has 0 aliphatic heterocycles. The minimum Gasteiger partial charge on any atom is -0.349 e. The van der Waals surface area contributed by atoms with Crippen molar-refractivity contribution in [2.45, 2.75) is 39.7 Å². The number of nitrogens with zero attached hydrogens (tertiary/aromatic N) is 2. The smallest absolute Gasteiger partial charge is 0.263 e. The Labute approximate surface area is 136 Å². The normalized spacial score (nSPS) is 12.0. The first-order valence-corrected chi connectivity index (χ1v) is 8.41. The van der Waals surface area contributed by atoms with Gasteiger partial charge in [0.05, 0.1) is 5.69 Å². The molecular weight excluding hydrogens is 294 g/mol. The van der Waals surface area contributed by atoms with Gasteiger partial charge in [-0.1, -0.05) is 42.9 Å². The molecule has 0 saturated heterocycles. The molecule has 118 valence electrons. The number of hydrogen-bond acceptors (Lipinski definition) is 4. The molecule has 1 amide bonds. The lowest BCUT2D eigenvalue weighted by Crippen LogP contribution is -2.32. The van der Waals surface area contributed by atoms with Crippen LogP contribution in [-0.4, -0.2) is 24.0 Å². The Morgan fingerprint density at radius 1 is 1.36 bits per heavy atom. The molecule has 2 aromatic rings. The van der Waals surface area contributed by atoms with Gasteiger partial charge in [0.1, 0.15) is 4.88 Å². The van der Waals surface area contributed by atoms with Crippen LogP contribution in [0.25, 0.3) is 0 Å². The van der Waals surface area contributed by atoms with E-state index < -0.39 is 0 Å². The summed E-state index contributed by atoms with van der Waals surface area (Å²) in [4.78, 5) is 19.6. The van der Waals surface area contributed by atoms with E-state index in [1.54, 1.807) is 0 Å². The molecule has 1 N–H and O–H groups in total. The summed E-state index contributed by atoms with van der Waals surface area (Å²) >= 11 is 1.43. The van der Waals surface area contributed by atoms with Crippen molar-refractivity contribution in [1.29, 1.82) is 0 Å². The topological polar surface area (TPSA) is 45.2 Å². The summed E-state index contributed by atoms with van der Waals surface area (Å²) < 4.78 is 0. The minimum absolute atomic E-state index is 0.0244. The highest BCUT2D eigenvalue weighted by Gasteiger charge is 2.19. The van der Waals surface area contributed by atoms with Crippen molar-refractivity contribution in [2.75, 3.05) is 11.9 Å². The Kier molecular flexibility index (Phi) is 5.55. The predicted molar refractivity (Wildman–Crippen MR) is 93.2 cm³/mol. The molecule has 1 aromatic carbocycles. The second-order valence-electron chi connectivity index (χ2n) is 5.47. The summed E-state index contributed by atoms with van der Waals surface area (Å²) in [7, 11) is 1.97. The number of amides is 1. The van der Waals surface area contributed by atoms with E-state index in [4.69, 9.17) is 0 Å². The second-order valence-corrected chi connectivity index (χ2v) is 6.45. The van der Waals surface area contributed by atoms with Gasteiger partial charge in [0, 0.05) is 18.8 Å². The van der Waals surface area contributed by atoms with E-state index in [0.717, 1.165) is 29.4 Å². The number of carbonyl (C=O) groups is 1. The number of rotatable bonds is 6. The molecule has 0 saturated carbocycles. The Morgan fingerprint density at radius 2 is 2.05 bits per heavy atom. The fourth-order valence-corrected chi connectivity index (χ4v) is 3.25. The van der Waals surface area contributed by atoms with E-state index in [2.05, 4.69) is 17.2 Å². The van der Waals surface area contributed by atoms with Crippen molar-refractivity contribution in [3.05, 3.63) is 40.9 Å². The number of hydrogen-bond donors (Lipinski definition) is 1. The van der Waals surface area contributed by atoms with Gasteiger partial charge >= 0.3 is 0 Å². The number of carbonyl (C=O) groups excluding carboxylic acids is 1. The van der Waals surface area contributed by atoms with Crippen molar-refractivity contribution in [3.63, 3.8) is 0 Å². The van der Waals surface area contributed by atoms with Gasteiger partial charge in [-0.25, -0.2) is 4.98 Å². The fourth-order valence-electron chi connectivity index (χ4n) is 2.29. The molecule has 0 radical (unpaired) electrons. The van der Waals surface area contributed by atoms with Crippen LogP contribution in [0.3, 0.4) is 0 Å². The summed E-state index contributed by atoms with van der Waals surface area (Å²) in [6.07, 6.45) is 2.05. The maximum Gasteiger partial charge on any atom is 0.263 e. The van der Waals surface area contributed by atoms with E-state index in [1.165, 1.54) is 11.3 Å². The number of thiazole rings is 1. The maximum absolute atomic E-state index is 12.4. The van der Waals surface area contributed by atoms with Crippen molar-refractivity contribution in [3.8, 4) is 0 Å². The zero-order valence-electron chi connectivity index (χ0n) is 13.6. The molecule has 22 heavy (non-hydrogen) atoms. The largest absolute Gasteiger partial charge is 0.349 e. The average Bonchev–Trinajstić information content (AvgIpc) is 2.89. The molecule has 0 unspecified atom stereocenters. The Balaban J connectivity index is 2.16. The van der Waals surface area contributed by atoms with Crippen LogP contribution in [0.1, 0.15) is 42.1 Å². The monoisotopic (exact) mass is 317 g/mol. The molecule has 0 aliphatic carbocycles. The number of nitrogens with one attached hydrogen (secondary N) is 1. The summed E-state index contributed by atoms with van der Waals surface area (Å²) in [6, 6.07) is 10.2. The van der Waals surface area contributed by atoms with Gasteiger partial charge in [-0.05, 0) is 32.4 Å². The standard InChI is InChI=1S/C17H23N3OS/c1-5-9-12(2)18-16(21)15-13(3)19-17(22-15)20(4)14-10-7-6-8-11-14/h6-8,10-12H,5,9H2,1-4H3,(H,18,21)/t12-/m1/s1. The lowest BCUT2D eigenvalue weighted by molar-refractivity contribution is 0.0941. The van der Waals surface area contributed by atoms with Gasteiger partial charge in [0.2, 0.25) is 0 Å². The summed E-state index contributed by atoms with van der Waals surface area (Å²) in [6.45, 7) is 6.04. The molecule has 1 aromatic heterocycles. The van der Waals surface area contributed by atoms with Gasteiger partial charge in [-0.15, -0.1) is 0 Å². The molecule has 5 heteroatoms. The first-order chi connectivity index (χ1) is 10.5. The number of benzene rings is 1. The Hall–Kier alpha value is -1.88. The van der Waals surface area contributed by atoms with Crippen LogP contribution in [0.4, 0.5) is 10.8 Å². The highest BCUT2D eigenvalue weighted by molar-refractivity contribution is 7.17. The van der Waals surface area contributed by atoms with Gasteiger partial charge in [0.15, 0.2) is 5.13 Å². The van der Waals surface area contributed by atoms with E-state index in [9.17, 15) is 4.79 Å². The van der Waals surface area contributed by atoms with E-state index in [-0.39, 0.29) is 11.9 Å². The quantitative estimate of drug-likeness (QED) is 0.871. The van der Waals surface area contributed by atoms with Crippen LogP contribution < -0.4 is 10.2 Å². The van der Waals surface area contributed by atoms with Crippen molar-refractivity contribution < 1.29 is 4.79 Å². The Morgan fingerprint density at radius 3 is 2.68 bits per heavy atom. The van der Waals surface area contributed by atoms with Crippen LogP contribution >= 0.6 is 11.3 Å². The van der Waals surface area contributed by atoms with Gasteiger partial charge in [-0.3, -0.25) is 4.79 Å². The summed E-state index contributed by atoms with van der Waals surface area (Å²) in [5.41, 5.74) is 1.84. The third-order valence-corrected chi connectivity index (χ3v) is 4.75. The third-order valence-electron chi connectivity index (χ3n) is 3.52.